The topological polar surface area (TPSA) is 63.8 Å². The molecule has 1 heterocycles. The normalized spacial score (nSPS) is 11.7. The van der Waals surface area contributed by atoms with E-state index in [0.717, 1.165) is 6.07 Å². The minimum absolute atomic E-state index is 0.167. The fourth-order valence-corrected chi connectivity index (χ4v) is 2.13. The third-order valence-corrected chi connectivity index (χ3v) is 3.24. The van der Waals surface area contributed by atoms with Gasteiger partial charge in [-0.15, -0.1) is 0 Å². The van der Waals surface area contributed by atoms with Crippen LogP contribution in [0.1, 0.15) is 5.56 Å². The zero-order chi connectivity index (χ0) is 16.6. The predicted molar refractivity (Wildman–Crippen MR) is 78.6 cm³/mol. The number of alkyl halides is 3. The van der Waals surface area contributed by atoms with E-state index >= 15 is 0 Å². The summed E-state index contributed by atoms with van der Waals surface area (Å²) in [7, 11) is 0. The average molecular weight is 322 g/mol. The highest BCUT2D eigenvalue weighted by molar-refractivity contribution is 5.97. The van der Waals surface area contributed by atoms with Crippen LogP contribution in [-0.2, 0) is 6.18 Å². The van der Waals surface area contributed by atoms with Crippen molar-refractivity contribution in [1.82, 2.24) is 9.97 Å². The number of halogens is 4. The molecule has 1 aromatic heterocycles. The first-order chi connectivity index (χ1) is 10.9. The highest BCUT2D eigenvalue weighted by atomic mass is 19.4. The van der Waals surface area contributed by atoms with Crippen LogP contribution >= 0.6 is 0 Å². The van der Waals surface area contributed by atoms with Crippen LogP contribution in [0.25, 0.3) is 10.9 Å². The molecular weight excluding hydrogens is 312 g/mol. The van der Waals surface area contributed by atoms with E-state index in [9.17, 15) is 17.6 Å². The average Bonchev–Trinajstić information content (AvgIpc) is 2.49. The lowest BCUT2D eigenvalue weighted by atomic mass is 10.1. The molecule has 0 aliphatic rings. The SMILES string of the molecule is Nc1cccc2c(Nc3cc(C(F)(F)F)ccc3F)ncnc12. The van der Waals surface area contributed by atoms with E-state index < -0.39 is 17.6 Å². The molecule has 8 heteroatoms. The van der Waals surface area contributed by atoms with E-state index in [1.807, 2.05) is 0 Å². The van der Waals surface area contributed by atoms with Gasteiger partial charge in [-0.05, 0) is 30.3 Å². The van der Waals surface area contributed by atoms with Crippen molar-refractivity contribution in [3.63, 3.8) is 0 Å². The van der Waals surface area contributed by atoms with Crippen LogP contribution in [0.5, 0.6) is 0 Å². The van der Waals surface area contributed by atoms with Gasteiger partial charge in [0.05, 0.1) is 22.5 Å². The van der Waals surface area contributed by atoms with Gasteiger partial charge in [0.2, 0.25) is 0 Å². The number of fused-ring (bicyclic) bond motifs is 1. The van der Waals surface area contributed by atoms with Gasteiger partial charge in [0, 0.05) is 5.39 Å². The van der Waals surface area contributed by atoms with Crippen LogP contribution in [0.4, 0.5) is 34.8 Å². The van der Waals surface area contributed by atoms with E-state index in [4.69, 9.17) is 5.73 Å². The summed E-state index contributed by atoms with van der Waals surface area (Å²) in [6, 6.07) is 7.03. The second kappa shape index (κ2) is 5.38. The zero-order valence-corrected chi connectivity index (χ0v) is 11.5. The molecule has 0 spiro atoms. The van der Waals surface area contributed by atoms with Crippen LogP contribution in [0.2, 0.25) is 0 Å². The van der Waals surface area contributed by atoms with Gasteiger partial charge < -0.3 is 11.1 Å². The maximum absolute atomic E-state index is 13.8. The summed E-state index contributed by atoms with van der Waals surface area (Å²) in [5.41, 5.74) is 5.31. The molecule has 0 radical (unpaired) electrons. The molecule has 3 rings (SSSR count). The summed E-state index contributed by atoms with van der Waals surface area (Å²) in [6.07, 6.45) is -3.37. The third kappa shape index (κ3) is 2.87. The Hall–Kier alpha value is -2.90. The number of anilines is 3. The first-order valence-corrected chi connectivity index (χ1v) is 6.49. The molecule has 23 heavy (non-hydrogen) atoms. The van der Waals surface area contributed by atoms with Crippen LogP contribution in [0, 0.1) is 5.82 Å². The lowest BCUT2D eigenvalue weighted by Gasteiger charge is -2.12. The third-order valence-electron chi connectivity index (χ3n) is 3.24. The molecule has 3 N–H and O–H groups in total. The molecule has 118 valence electrons. The van der Waals surface area contributed by atoms with Crippen LogP contribution in [0.15, 0.2) is 42.7 Å². The van der Waals surface area contributed by atoms with Gasteiger partial charge in [-0.3, -0.25) is 0 Å². The first kappa shape index (κ1) is 15.0. The maximum atomic E-state index is 13.8. The van der Waals surface area contributed by atoms with E-state index in [1.54, 1.807) is 18.2 Å². The van der Waals surface area contributed by atoms with Crippen molar-refractivity contribution in [3.8, 4) is 0 Å². The second-order valence-corrected chi connectivity index (χ2v) is 4.78. The number of para-hydroxylation sites is 1. The van der Waals surface area contributed by atoms with Crippen LogP contribution in [0.3, 0.4) is 0 Å². The largest absolute Gasteiger partial charge is 0.416 e. The predicted octanol–water partition coefficient (Wildman–Crippen LogP) is 4.11. The van der Waals surface area contributed by atoms with Crippen molar-refractivity contribution in [1.29, 1.82) is 0 Å². The molecule has 3 aromatic rings. The highest BCUT2D eigenvalue weighted by Gasteiger charge is 2.31. The molecule has 0 atom stereocenters. The van der Waals surface area contributed by atoms with Gasteiger partial charge in [0.15, 0.2) is 0 Å². The molecule has 0 bridgehead atoms. The molecule has 0 aliphatic carbocycles. The van der Waals surface area contributed by atoms with E-state index in [1.165, 1.54) is 6.33 Å². The van der Waals surface area contributed by atoms with Gasteiger partial charge in [0.1, 0.15) is 18.0 Å². The van der Waals surface area contributed by atoms with Crippen molar-refractivity contribution in [2.75, 3.05) is 11.1 Å². The van der Waals surface area contributed by atoms with E-state index in [2.05, 4.69) is 15.3 Å². The second-order valence-electron chi connectivity index (χ2n) is 4.78. The van der Waals surface area contributed by atoms with Crippen molar-refractivity contribution in [3.05, 3.63) is 54.1 Å². The summed E-state index contributed by atoms with van der Waals surface area (Å²) in [4.78, 5) is 7.96. The van der Waals surface area contributed by atoms with Crippen molar-refractivity contribution in [2.45, 2.75) is 6.18 Å². The standard InChI is InChI=1S/C15H10F4N4/c16-10-5-4-8(15(17,18)19)6-12(10)23-14-9-2-1-3-11(20)13(9)21-7-22-14/h1-7H,20H2,(H,21,22,23). The summed E-state index contributed by atoms with van der Waals surface area (Å²) in [6.45, 7) is 0. The summed E-state index contributed by atoms with van der Waals surface area (Å²) < 4.78 is 52.1. The lowest BCUT2D eigenvalue weighted by molar-refractivity contribution is -0.137. The minimum atomic E-state index is -4.57. The number of aromatic nitrogens is 2. The molecule has 0 amide bonds. The Morgan fingerprint density at radius 2 is 1.83 bits per heavy atom. The molecule has 0 saturated heterocycles. The number of hydrogen-bond donors (Lipinski definition) is 2. The van der Waals surface area contributed by atoms with E-state index in [0.29, 0.717) is 28.7 Å². The van der Waals surface area contributed by atoms with Gasteiger partial charge in [-0.1, -0.05) is 6.07 Å². The first-order valence-electron chi connectivity index (χ1n) is 6.49. The van der Waals surface area contributed by atoms with Gasteiger partial charge in [-0.25, -0.2) is 14.4 Å². The summed E-state index contributed by atoms with van der Waals surface area (Å²) in [5.74, 6) is -0.658. The van der Waals surface area contributed by atoms with Gasteiger partial charge in [0.25, 0.3) is 0 Å². The Morgan fingerprint density at radius 3 is 2.57 bits per heavy atom. The minimum Gasteiger partial charge on any atom is -0.397 e. The van der Waals surface area contributed by atoms with Crippen molar-refractivity contribution >= 4 is 28.1 Å². The highest BCUT2D eigenvalue weighted by Crippen LogP contribution is 2.33. The summed E-state index contributed by atoms with van der Waals surface area (Å²) in [5, 5.41) is 3.05. The van der Waals surface area contributed by atoms with Crippen molar-refractivity contribution < 1.29 is 17.6 Å². The molecule has 2 aromatic carbocycles. The number of nitrogens with two attached hydrogens (primary N) is 1. The Balaban J connectivity index is 2.08. The van der Waals surface area contributed by atoms with Gasteiger partial charge >= 0.3 is 6.18 Å². The number of nitrogens with one attached hydrogen (secondary N) is 1. The van der Waals surface area contributed by atoms with E-state index in [-0.39, 0.29) is 11.5 Å². The monoisotopic (exact) mass is 322 g/mol. The summed E-state index contributed by atoms with van der Waals surface area (Å²) >= 11 is 0. The Morgan fingerprint density at radius 1 is 1.04 bits per heavy atom. The number of rotatable bonds is 2. The lowest BCUT2D eigenvalue weighted by Crippen LogP contribution is -2.07. The Bertz CT molecular complexity index is 877. The number of benzene rings is 2. The fraction of sp³-hybridized carbons (Fsp3) is 0.0667. The smallest absolute Gasteiger partial charge is 0.397 e. The van der Waals surface area contributed by atoms with Gasteiger partial charge in [-0.2, -0.15) is 13.2 Å². The molecule has 0 saturated carbocycles. The number of nitrogens with zero attached hydrogens (tertiary/aromatic N) is 2. The molecule has 0 unspecified atom stereocenters. The Kier molecular flexibility index (Phi) is 3.51. The quantitative estimate of drug-likeness (QED) is 0.550. The molecule has 0 fully saturated rings. The number of nitrogen functional groups attached to an aromatic ring is 1. The molecular formula is C15H10F4N4. The molecule has 0 aliphatic heterocycles. The fourth-order valence-electron chi connectivity index (χ4n) is 2.13. The maximum Gasteiger partial charge on any atom is 0.416 e. The molecule has 4 nitrogen and oxygen atoms in total. The van der Waals surface area contributed by atoms with Crippen LogP contribution < -0.4 is 11.1 Å². The zero-order valence-electron chi connectivity index (χ0n) is 11.5. The number of hydrogen-bond acceptors (Lipinski definition) is 4. The van der Waals surface area contributed by atoms with Crippen molar-refractivity contribution in [2.24, 2.45) is 0 Å². The van der Waals surface area contributed by atoms with Crippen LogP contribution in [-0.4, -0.2) is 9.97 Å². The Labute approximate surface area is 128 Å².